The summed E-state index contributed by atoms with van der Waals surface area (Å²) in [5, 5.41) is 0. The maximum Gasteiger partial charge on any atom is -0.0161 e. The van der Waals surface area contributed by atoms with E-state index in [1.807, 2.05) is 0 Å². The minimum absolute atomic E-state index is 0.245. The standard InChI is InChI=1S/C12H28B/c1-4-7-10-13(11-8-5-2)12-9-6-3/h13H,4-12H2,1-3H3/q-1. The van der Waals surface area contributed by atoms with Crippen molar-refractivity contribution in [3.8, 4) is 0 Å². The Bertz CT molecular complexity index is 72.1. The Morgan fingerprint density at radius 3 is 1.15 bits per heavy atom. The molecule has 0 saturated heterocycles. The maximum atomic E-state index is 2.32. The van der Waals surface area contributed by atoms with Gasteiger partial charge in [-0.25, -0.2) is 0 Å². The van der Waals surface area contributed by atoms with Crippen LogP contribution < -0.4 is 0 Å². The van der Waals surface area contributed by atoms with Crippen LogP contribution in [0.1, 0.15) is 59.3 Å². The molecule has 0 bridgehead atoms. The van der Waals surface area contributed by atoms with Crippen molar-refractivity contribution in [2.24, 2.45) is 0 Å². The Morgan fingerprint density at radius 2 is 0.923 bits per heavy atom. The second kappa shape index (κ2) is 10.1. The van der Waals surface area contributed by atoms with Crippen LogP contribution in [0.5, 0.6) is 0 Å². The van der Waals surface area contributed by atoms with Gasteiger partial charge in [0.25, 0.3) is 0 Å². The zero-order chi connectivity index (χ0) is 9.94. The van der Waals surface area contributed by atoms with Crippen molar-refractivity contribution in [1.82, 2.24) is 0 Å². The first-order chi connectivity index (χ1) is 6.35. The predicted molar refractivity (Wildman–Crippen MR) is 66.3 cm³/mol. The van der Waals surface area contributed by atoms with Crippen LogP contribution in [0, 0.1) is 0 Å². The van der Waals surface area contributed by atoms with Crippen LogP contribution in [0.4, 0.5) is 0 Å². The molecule has 0 nitrogen and oxygen atoms in total. The summed E-state index contributed by atoms with van der Waals surface area (Å²) in [5.41, 5.74) is 0. The van der Waals surface area contributed by atoms with E-state index in [4.69, 9.17) is 0 Å². The molecule has 0 atom stereocenters. The lowest BCUT2D eigenvalue weighted by Gasteiger charge is -2.21. The SMILES string of the molecule is CCCC[BH-](CCCC)CCCC. The van der Waals surface area contributed by atoms with E-state index in [-0.39, 0.29) is 6.71 Å². The van der Waals surface area contributed by atoms with Crippen molar-refractivity contribution in [3.05, 3.63) is 0 Å². The summed E-state index contributed by atoms with van der Waals surface area (Å²) in [6.07, 6.45) is 13.3. The van der Waals surface area contributed by atoms with Gasteiger partial charge in [-0.05, 0) is 6.71 Å². The smallest absolute Gasteiger partial charge is 0.0161 e. The van der Waals surface area contributed by atoms with Gasteiger partial charge < -0.3 is 0 Å². The van der Waals surface area contributed by atoms with E-state index in [2.05, 4.69) is 20.8 Å². The van der Waals surface area contributed by atoms with Crippen molar-refractivity contribution in [2.45, 2.75) is 78.3 Å². The first kappa shape index (κ1) is 13.1. The van der Waals surface area contributed by atoms with Crippen LogP contribution in [0.15, 0.2) is 0 Å². The fourth-order valence-corrected chi connectivity index (χ4v) is 2.34. The highest BCUT2D eigenvalue weighted by molar-refractivity contribution is 6.58. The Hall–Kier alpha value is 0.0649. The molecule has 0 fully saturated rings. The van der Waals surface area contributed by atoms with Gasteiger partial charge in [-0.2, -0.15) is 19.0 Å². The normalized spacial score (nSPS) is 11.1. The van der Waals surface area contributed by atoms with Gasteiger partial charge in [-0.15, -0.1) is 0 Å². The molecule has 0 N–H and O–H groups in total. The van der Waals surface area contributed by atoms with E-state index in [1.165, 1.54) is 38.5 Å². The number of rotatable bonds is 9. The van der Waals surface area contributed by atoms with Crippen molar-refractivity contribution in [3.63, 3.8) is 0 Å². The zero-order valence-corrected chi connectivity index (χ0v) is 10.1. The first-order valence-corrected chi connectivity index (χ1v) is 6.62. The lowest BCUT2D eigenvalue weighted by molar-refractivity contribution is 0.812. The Labute approximate surface area is 85.6 Å². The summed E-state index contributed by atoms with van der Waals surface area (Å²) in [6, 6.07) is 0. The minimum Gasteiger partial charge on any atom is -0.181 e. The summed E-state index contributed by atoms with van der Waals surface area (Å²) in [5.74, 6) is 0. The predicted octanol–water partition coefficient (Wildman–Crippen LogP) is 4.61. The number of hydrogen-bond acceptors (Lipinski definition) is 0. The maximum absolute atomic E-state index is 2.32. The van der Waals surface area contributed by atoms with Gasteiger partial charge in [0.1, 0.15) is 0 Å². The molecule has 0 saturated carbocycles. The molecule has 0 aromatic heterocycles. The molecule has 0 rings (SSSR count). The monoisotopic (exact) mass is 183 g/mol. The third-order valence-corrected chi connectivity index (χ3v) is 3.31. The van der Waals surface area contributed by atoms with Crippen molar-refractivity contribution < 1.29 is 0 Å². The average Bonchev–Trinajstić information content (AvgIpc) is 2.17. The molecular weight excluding hydrogens is 155 g/mol. The van der Waals surface area contributed by atoms with E-state index < -0.39 is 0 Å². The molecule has 0 unspecified atom stereocenters. The lowest BCUT2D eigenvalue weighted by Crippen LogP contribution is -2.11. The van der Waals surface area contributed by atoms with Gasteiger partial charge in [0.05, 0.1) is 0 Å². The number of hydrogen-bond donors (Lipinski definition) is 0. The van der Waals surface area contributed by atoms with Crippen LogP contribution >= 0.6 is 0 Å². The van der Waals surface area contributed by atoms with Crippen LogP contribution in [-0.4, -0.2) is 6.71 Å². The molecule has 0 aromatic carbocycles. The second-order valence-electron chi connectivity index (χ2n) is 4.68. The first-order valence-electron chi connectivity index (χ1n) is 6.62. The summed E-state index contributed by atoms with van der Waals surface area (Å²) >= 11 is 0. The molecule has 0 aliphatic carbocycles. The van der Waals surface area contributed by atoms with Gasteiger partial charge >= 0.3 is 0 Å². The molecule has 0 aliphatic rings. The topological polar surface area (TPSA) is 0 Å². The summed E-state index contributed by atoms with van der Waals surface area (Å²) in [4.78, 5) is 0. The van der Waals surface area contributed by atoms with Crippen molar-refractivity contribution in [1.29, 1.82) is 0 Å². The molecule has 0 radical (unpaired) electrons. The van der Waals surface area contributed by atoms with Crippen molar-refractivity contribution >= 4 is 6.71 Å². The third-order valence-electron chi connectivity index (χ3n) is 3.31. The fraction of sp³-hybridized carbons (Fsp3) is 1.00. The third kappa shape index (κ3) is 8.40. The largest absolute Gasteiger partial charge is 0.181 e. The van der Waals surface area contributed by atoms with Gasteiger partial charge in [-0.3, -0.25) is 0 Å². The molecule has 13 heavy (non-hydrogen) atoms. The van der Waals surface area contributed by atoms with E-state index >= 15 is 0 Å². The quantitative estimate of drug-likeness (QED) is 0.458. The highest BCUT2D eigenvalue weighted by Crippen LogP contribution is 2.16. The van der Waals surface area contributed by atoms with Crippen LogP contribution in [-0.2, 0) is 0 Å². The van der Waals surface area contributed by atoms with Crippen molar-refractivity contribution in [2.75, 3.05) is 0 Å². The van der Waals surface area contributed by atoms with Gasteiger partial charge in [0.2, 0.25) is 0 Å². The molecule has 0 heterocycles. The lowest BCUT2D eigenvalue weighted by atomic mass is 9.41. The highest BCUT2D eigenvalue weighted by atomic mass is 13.9. The Kier molecular flexibility index (Phi) is 10.2. The van der Waals surface area contributed by atoms with E-state index in [9.17, 15) is 0 Å². The molecule has 0 aromatic rings. The Balaban J connectivity index is 3.47. The summed E-state index contributed by atoms with van der Waals surface area (Å²) < 4.78 is 0. The highest BCUT2D eigenvalue weighted by Gasteiger charge is 2.01. The second-order valence-corrected chi connectivity index (χ2v) is 4.68. The van der Waals surface area contributed by atoms with Gasteiger partial charge in [-0.1, -0.05) is 59.3 Å². The summed E-state index contributed by atoms with van der Waals surface area (Å²) in [6.45, 7) is 7.19. The number of unbranched alkanes of at least 4 members (excludes halogenated alkanes) is 3. The van der Waals surface area contributed by atoms with E-state index in [0.29, 0.717) is 0 Å². The molecule has 0 amide bonds. The molecule has 1 heteroatoms. The molecule has 0 aliphatic heterocycles. The Morgan fingerprint density at radius 1 is 0.615 bits per heavy atom. The zero-order valence-electron chi connectivity index (χ0n) is 10.1. The van der Waals surface area contributed by atoms with Crippen LogP contribution in [0.3, 0.4) is 0 Å². The van der Waals surface area contributed by atoms with E-state index in [1.54, 1.807) is 19.0 Å². The van der Waals surface area contributed by atoms with Gasteiger partial charge in [0.15, 0.2) is 0 Å². The fourth-order valence-electron chi connectivity index (χ4n) is 2.34. The molecule has 80 valence electrons. The van der Waals surface area contributed by atoms with Crippen LogP contribution in [0.2, 0.25) is 19.0 Å². The molecular formula is C12H28B-. The van der Waals surface area contributed by atoms with E-state index in [0.717, 1.165) is 0 Å². The van der Waals surface area contributed by atoms with Crippen LogP contribution in [0.25, 0.3) is 0 Å². The average molecular weight is 183 g/mol. The van der Waals surface area contributed by atoms with Gasteiger partial charge in [0, 0.05) is 0 Å². The minimum atomic E-state index is 0.245. The molecule has 0 spiro atoms. The summed E-state index contributed by atoms with van der Waals surface area (Å²) in [7, 11) is 0.